The molecule has 0 atom stereocenters. The Kier molecular flexibility index (Phi) is 6.47. The molecule has 0 radical (unpaired) electrons. The van der Waals surface area contributed by atoms with E-state index < -0.39 is 5.82 Å². The number of anilines is 1. The van der Waals surface area contributed by atoms with E-state index in [4.69, 9.17) is 34.8 Å². The zero-order valence-electron chi connectivity index (χ0n) is 13.2. The van der Waals surface area contributed by atoms with Crippen molar-refractivity contribution in [2.75, 3.05) is 18.9 Å². The molecule has 0 aliphatic carbocycles. The number of hydrogen-bond donors (Lipinski definition) is 1. The van der Waals surface area contributed by atoms with Crippen LogP contribution in [0.5, 0.6) is 0 Å². The van der Waals surface area contributed by atoms with Crippen molar-refractivity contribution in [2.24, 2.45) is 0 Å². The molecule has 7 heteroatoms. The Bertz CT molecular complexity index is 747. The highest BCUT2D eigenvalue weighted by molar-refractivity contribution is 6.40. The van der Waals surface area contributed by atoms with Crippen LogP contribution in [0.1, 0.15) is 11.1 Å². The van der Waals surface area contributed by atoms with Crippen molar-refractivity contribution in [3.63, 3.8) is 0 Å². The molecule has 128 valence electrons. The summed E-state index contributed by atoms with van der Waals surface area (Å²) in [6.07, 6.45) is 0. The summed E-state index contributed by atoms with van der Waals surface area (Å²) in [4.78, 5) is 13.9. The molecule has 3 nitrogen and oxygen atoms in total. The van der Waals surface area contributed by atoms with Gasteiger partial charge in [0.25, 0.3) is 0 Å². The first-order valence-corrected chi connectivity index (χ1v) is 8.29. The van der Waals surface area contributed by atoms with Gasteiger partial charge < -0.3 is 5.32 Å². The molecule has 0 aliphatic heterocycles. The maximum absolute atomic E-state index is 13.8. The molecule has 0 saturated carbocycles. The van der Waals surface area contributed by atoms with E-state index in [0.29, 0.717) is 26.3 Å². The number of likely N-dealkylation sites (N-methyl/N-ethyl adjacent to an activating group) is 1. The van der Waals surface area contributed by atoms with Crippen molar-refractivity contribution in [3.8, 4) is 0 Å². The van der Waals surface area contributed by atoms with Gasteiger partial charge in [0.05, 0.1) is 22.3 Å². The summed E-state index contributed by atoms with van der Waals surface area (Å²) in [6.45, 7) is 2.06. The Hall–Kier alpha value is -1.33. The predicted octanol–water partition coefficient (Wildman–Crippen LogP) is 5.16. The first-order chi connectivity index (χ1) is 11.3. The van der Waals surface area contributed by atoms with Gasteiger partial charge >= 0.3 is 0 Å². The molecule has 0 aromatic heterocycles. The molecule has 2 aromatic carbocycles. The molecular formula is C17H16Cl3FN2O. The topological polar surface area (TPSA) is 32.3 Å². The number of amides is 1. The highest BCUT2D eigenvalue weighted by Crippen LogP contribution is 2.32. The smallest absolute Gasteiger partial charge is 0.238 e. The maximum atomic E-state index is 13.8. The summed E-state index contributed by atoms with van der Waals surface area (Å²) in [5.74, 6) is -0.709. The zero-order chi connectivity index (χ0) is 17.9. The van der Waals surface area contributed by atoms with Crippen LogP contribution in [0, 0.1) is 12.7 Å². The second kappa shape index (κ2) is 8.17. The summed E-state index contributed by atoms with van der Waals surface area (Å²) in [6, 6.07) is 7.92. The molecule has 0 aliphatic rings. The number of halogens is 4. The monoisotopic (exact) mass is 388 g/mol. The van der Waals surface area contributed by atoms with Gasteiger partial charge in [-0.2, -0.15) is 0 Å². The summed E-state index contributed by atoms with van der Waals surface area (Å²) < 4.78 is 13.8. The van der Waals surface area contributed by atoms with Gasteiger partial charge in [0.2, 0.25) is 5.91 Å². The van der Waals surface area contributed by atoms with Gasteiger partial charge in [-0.05, 0) is 37.7 Å². The molecule has 0 heterocycles. The third kappa shape index (κ3) is 4.61. The molecule has 0 spiro atoms. The number of benzene rings is 2. The van der Waals surface area contributed by atoms with Crippen LogP contribution in [-0.4, -0.2) is 24.4 Å². The molecule has 2 rings (SSSR count). The standard InChI is InChI=1S/C17H16Cl3FN2O/c1-10-6-7-13(19)17(16(10)20)22-15(24)9-23(2)8-11-12(18)4-3-5-14(11)21/h3-7H,8-9H2,1-2H3,(H,22,24). The van der Waals surface area contributed by atoms with E-state index in [1.54, 1.807) is 30.1 Å². The van der Waals surface area contributed by atoms with Crippen LogP contribution < -0.4 is 5.32 Å². The highest BCUT2D eigenvalue weighted by atomic mass is 35.5. The summed E-state index contributed by atoms with van der Waals surface area (Å²) in [5, 5.41) is 3.78. The van der Waals surface area contributed by atoms with Gasteiger partial charge in [0.1, 0.15) is 5.82 Å². The summed E-state index contributed by atoms with van der Waals surface area (Å²) in [5.41, 5.74) is 1.53. The second-order valence-corrected chi connectivity index (χ2v) is 6.67. The molecule has 1 N–H and O–H groups in total. The largest absolute Gasteiger partial charge is 0.322 e. The van der Waals surface area contributed by atoms with Crippen molar-refractivity contribution >= 4 is 46.4 Å². The molecule has 0 bridgehead atoms. The fourth-order valence-corrected chi connectivity index (χ4v) is 2.89. The van der Waals surface area contributed by atoms with Crippen LogP contribution in [0.25, 0.3) is 0 Å². The summed E-state index contributed by atoms with van der Waals surface area (Å²) in [7, 11) is 1.70. The van der Waals surface area contributed by atoms with Crippen LogP contribution in [0.15, 0.2) is 30.3 Å². The molecular weight excluding hydrogens is 374 g/mol. The van der Waals surface area contributed by atoms with Crippen molar-refractivity contribution in [1.82, 2.24) is 4.90 Å². The molecule has 24 heavy (non-hydrogen) atoms. The second-order valence-electron chi connectivity index (χ2n) is 5.47. The lowest BCUT2D eigenvalue weighted by Crippen LogP contribution is -2.30. The van der Waals surface area contributed by atoms with Crippen LogP contribution in [0.3, 0.4) is 0 Å². The third-order valence-corrected chi connectivity index (χ3v) is 4.61. The molecule has 0 fully saturated rings. The maximum Gasteiger partial charge on any atom is 0.238 e. The van der Waals surface area contributed by atoms with E-state index in [0.717, 1.165) is 5.56 Å². The number of nitrogens with zero attached hydrogens (tertiary/aromatic N) is 1. The van der Waals surface area contributed by atoms with Gasteiger partial charge in [0, 0.05) is 17.1 Å². The van der Waals surface area contributed by atoms with Crippen molar-refractivity contribution in [1.29, 1.82) is 0 Å². The van der Waals surface area contributed by atoms with Gasteiger partial charge in [0.15, 0.2) is 0 Å². The van der Waals surface area contributed by atoms with Gasteiger partial charge in [-0.15, -0.1) is 0 Å². The van der Waals surface area contributed by atoms with Crippen molar-refractivity contribution < 1.29 is 9.18 Å². The lowest BCUT2D eigenvalue weighted by Gasteiger charge is -2.18. The first-order valence-electron chi connectivity index (χ1n) is 7.15. The van der Waals surface area contributed by atoms with Crippen LogP contribution in [-0.2, 0) is 11.3 Å². The Balaban J connectivity index is 2.04. The van der Waals surface area contributed by atoms with Gasteiger partial charge in [-0.3, -0.25) is 9.69 Å². The lowest BCUT2D eigenvalue weighted by molar-refractivity contribution is -0.117. The SMILES string of the molecule is Cc1ccc(Cl)c(NC(=O)CN(C)Cc2c(F)cccc2Cl)c1Cl. The Morgan fingerprint density at radius 3 is 2.54 bits per heavy atom. The first kappa shape index (κ1) is 19.0. The third-order valence-electron chi connectivity index (χ3n) is 3.45. The lowest BCUT2D eigenvalue weighted by atomic mass is 10.2. The molecule has 0 saturated heterocycles. The van der Waals surface area contributed by atoms with Gasteiger partial charge in [-0.1, -0.05) is 46.9 Å². The normalized spacial score (nSPS) is 11.0. The quantitative estimate of drug-likeness (QED) is 0.765. The van der Waals surface area contributed by atoms with E-state index in [2.05, 4.69) is 5.32 Å². The number of rotatable bonds is 5. The predicted molar refractivity (Wildman–Crippen MR) is 97.6 cm³/mol. The Morgan fingerprint density at radius 2 is 1.88 bits per heavy atom. The minimum absolute atomic E-state index is 0.0330. The summed E-state index contributed by atoms with van der Waals surface area (Å²) >= 11 is 18.2. The number of carbonyl (C=O) groups excluding carboxylic acids is 1. The minimum Gasteiger partial charge on any atom is -0.322 e. The Labute approximate surface area is 155 Å². The fraction of sp³-hybridized carbons (Fsp3) is 0.235. The van der Waals surface area contributed by atoms with E-state index in [1.807, 2.05) is 6.92 Å². The molecule has 1 amide bonds. The number of carbonyl (C=O) groups is 1. The minimum atomic E-state index is -0.403. The number of hydrogen-bond acceptors (Lipinski definition) is 2. The van der Waals surface area contributed by atoms with Crippen LogP contribution in [0.2, 0.25) is 15.1 Å². The van der Waals surface area contributed by atoms with Crippen LogP contribution in [0.4, 0.5) is 10.1 Å². The van der Waals surface area contributed by atoms with E-state index in [1.165, 1.54) is 12.1 Å². The highest BCUT2D eigenvalue weighted by Gasteiger charge is 2.15. The fourth-order valence-electron chi connectivity index (χ4n) is 2.20. The molecule has 2 aromatic rings. The van der Waals surface area contributed by atoms with Crippen molar-refractivity contribution in [2.45, 2.75) is 13.5 Å². The van der Waals surface area contributed by atoms with Gasteiger partial charge in [-0.25, -0.2) is 4.39 Å². The van der Waals surface area contributed by atoms with Crippen LogP contribution >= 0.6 is 34.8 Å². The number of aryl methyl sites for hydroxylation is 1. The number of nitrogens with one attached hydrogen (secondary N) is 1. The average molecular weight is 390 g/mol. The van der Waals surface area contributed by atoms with E-state index in [9.17, 15) is 9.18 Å². The van der Waals surface area contributed by atoms with E-state index >= 15 is 0 Å². The van der Waals surface area contributed by atoms with Crippen molar-refractivity contribution in [3.05, 3.63) is 62.3 Å². The molecule has 0 unspecified atom stereocenters. The average Bonchev–Trinajstić information content (AvgIpc) is 2.51. The van der Waals surface area contributed by atoms with E-state index in [-0.39, 0.29) is 19.0 Å². The zero-order valence-corrected chi connectivity index (χ0v) is 15.4. The Morgan fingerprint density at radius 1 is 1.17 bits per heavy atom.